The molecule has 0 aliphatic rings. The minimum Gasteiger partial charge on any atom is -0.385 e. The van der Waals surface area contributed by atoms with Crippen LogP contribution < -0.4 is 10.6 Å². The van der Waals surface area contributed by atoms with Crippen LogP contribution in [0.1, 0.15) is 13.8 Å². The Morgan fingerprint density at radius 2 is 1.81 bits per heavy atom. The summed E-state index contributed by atoms with van der Waals surface area (Å²) < 4.78 is 0. The Labute approximate surface area is 95.9 Å². The second-order valence-corrected chi connectivity index (χ2v) is 3.66. The van der Waals surface area contributed by atoms with E-state index < -0.39 is 0 Å². The quantitative estimate of drug-likeness (QED) is 0.823. The van der Waals surface area contributed by atoms with E-state index in [1.807, 2.05) is 12.1 Å². The molecule has 3 heteroatoms. The molecule has 84 valence electrons. The summed E-state index contributed by atoms with van der Waals surface area (Å²) in [6.45, 7) is 6.00. The molecule has 0 saturated carbocycles. The van der Waals surface area contributed by atoms with E-state index in [2.05, 4.69) is 47.7 Å². The maximum Gasteiger partial charge on any atom is 0.126 e. The van der Waals surface area contributed by atoms with E-state index in [0.29, 0.717) is 0 Å². The number of fused-ring (bicyclic) bond motifs is 1. The Morgan fingerprint density at radius 1 is 1.00 bits per heavy atom. The van der Waals surface area contributed by atoms with Gasteiger partial charge in [-0.1, -0.05) is 0 Å². The third-order valence-electron chi connectivity index (χ3n) is 2.43. The summed E-state index contributed by atoms with van der Waals surface area (Å²) in [6.07, 6.45) is 0. The zero-order valence-corrected chi connectivity index (χ0v) is 9.75. The summed E-state index contributed by atoms with van der Waals surface area (Å²) >= 11 is 0. The van der Waals surface area contributed by atoms with E-state index in [-0.39, 0.29) is 0 Å². The lowest BCUT2D eigenvalue weighted by molar-refractivity contribution is 1.17. The van der Waals surface area contributed by atoms with E-state index in [1.54, 1.807) is 0 Å². The standard InChI is InChI=1S/C13H17N3/c1-3-14-11-6-7-12-10(9-11)5-8-13(16-12)15-4-2/h5-9,14H,3-4H2,1-2H3,(H,15,16). The number of hydrogen-bond donors (Lipinski definition) is 2. The number of nitrogens with zero attached hydrogens (tertiary/aromatic N) is 1. The van der Waals surface area contributed by atoms with Crippen LogP contribution in [0.25, 0.3) is 10.9 Å². The van der Waals surface area contributed by atoms with Gasteiger partial charge in [0.25, 0.3) is 0 Å². The molecule has 1 aromatic heterocycles. The predicted octanol–water partition coefficient (Wildman–Crippen LogP) is 3.10. The number of benzene rings is 1. The first-order chi connectivity index (χ1) is 7.83. The summed E-state index contributed by atoms with van der Waals surface area (Å²) in [4.78, 5) is 4.53. The molecule has 2 aromatic rings. The molecule has 0 unspecified atom stereocenters. The van der Waals surface area contributed by atoms with Gasteiger partial charge < -0.3 is 10.6 Å². The highest BCUT2D eigenvalue weighted by Crippen LogP contribution is 2.19. The van der Waals surface area contributed by atoms with E-state index in [4.69, 9.17) is 0 Å². The van der Waals surface area contributed by atoms with Crippen molar-refractivity contribution in [2.75, 3.05) is 23.7 Å². The van der Waals surface area contributed by atoms with Crippen LogP contribution in [0.4, 0.5) is 11.5 Å². The first-order valence-corrected chi connectivity index (χ1v) is 5.72. The lowest BCUT2D eigenvalue weighted by Crippen LogP contribution is -1.99. The average Bonchev–Trinajstić information content (AvgIpc) is 2.30. The third-order valence-corrected chi connectivity index (χ3v) is 2.43. The van der Waals surface area contributed by atoms with Gasteiger partial charge in [-0.2, -0.15) is 0 Å². The van der Waals surface area contributed by atoms with Gasteiger partial charge in [0.1, 0.15) is 5.82 Å². The van der Waals surface area contributed by atoms with Gasteiger partial charge >= 0.3 is 0 Å². The monoisotopic (exact) mass is 215 g/mol. The van der Waals surface area contributed by atoms with E-state index in [0.717, 1.165) is 30.1 Å². The topological polar surface area (TPSA) is 37.0 Å². The number of anilines is 2. The van der Waals surface area contributed by atoms with Gasteiger partial charge in [-0.05, 0) is 44.2 Å². The average molecular weight is 215 g/mol. The molecule has 16 heavy (non-hydrogen) atoms. The minimum absolute atomic E-state index is 0.897. The number of nitrogens with one attached hydrogen (secondary N) is 2. The summed E-state index contributed by atoms with van der Waals surface area (Å²) in [5.74, 6) is 0.936. The van der Waals surface area contributed by atoms with Crippen molar-refractivity contribution in [2.45, 2.75) is 13.8 Å². The summed E-state index contributed by atoms with van der Waals surface area (Å²) in [7, 11) is 0. The Morgan fingerprint density at radius 3 is 2.56 bits per heavy atom. The largest absolute Gasteiger partial charge is 0.385 e. The van der Waals surface area contributed by atoms with Crippen LogP contribution in [-0.4, -0.2) is 18.1 Å². The normalized spacial score (nSPS) is 10.4. The van der Waals surface area contributed by atoms with Crippen molar-refractivity contribution in [1.29, 1.82) is 0 Å². The van der Waals surface area contributed by atoms with Crippen LogP contribution in [0, 0.1) is 0 Å². The molecule has 0 saturated heterocycles. The molecule has 1 heterocycles. The van der Waals surface area contributed by atoms with Gasteiger partial charge in [0.2, 0.25) is 0 Å². The van der Waals surface area contributed by atoms with Crippen molar-refractivity contribution >= 4 is 22.4 Å². The van der Waals surface area contributed by atoms with Crippen LogP contribution in [-0.2, 0) is 0 Å². The first-order valence-electron chi connectivity index (χ1n) is 5.72. The number of aromatic nitrogens is 1. The predicted molar refractivity (Wildman–Crippen MR) is 70.1 cm³/mol. The Hall–Kier alpha value is -1.77. The van der Waals surface area contributed by atoms with Gasteiger partial charge in [-0.25, -0.2) is 4.98 Å². The van der Waals surface area contributed by atoms with Crippen molar-refractivity contribution in [3.05, 3.63) is 30.3 Å². The number of rotatable bonds is 4. The van der Waals surface area contributed by atoms with Crippen LogP contribution >= 0.6 is 0 Å². The second-order valence-electron chi connectivity index (χ2n) is 3.66. The molecule has 0 bridgehead atoms. The van der Waals surface area contributed by atoms with E-state index >= 15 is 0 Å². The molecule has 0 amide bonds. The highest BCUT2D eigenvalue weighted by molar-refractivity contribution is 5.83. The molecule has 0 spiro atoms. The fourth-order valence-corrected chi connectivity index (χ4v) is 1.72. The lowest BCUT2D eigenvalue weighted by atomic mass is 10.2. The Kier molecular flexibility index (Phi) is 3.25. The van der Waals surface area contributed by atoms with E-state index in [1.165, 1.54) is 5.39 Å². The zero-order valence-electron chi connectivity index (χ0n) is 9.75. The molecule has 0 aliphatic heterocycles. The molecule has 0 atom stereocenters. The van der Waals surface area contributed by atoms with Gasteiger partial charge in [0, 0.05) is 24.2 Å². The fourth-order valence-electron chi connectivity index (χ4n) is 1.72. The highest BCUT2D eigenvalue weighted by Gasteiger charge is 1.98. The zero-order chi connectivity index (χ0) is 11.4. The second kappa shape index (κ2) is 4.84. The SMILES string of the molecule is CCNc1ccc2nc(NCC)ccc2c1. The molecule has 2 rings (SSSR count). The molecule has 1 aromatic carbocycles. The van der Waals surface area contributed by atoms with Gasteiger partial charge in [0.05, 0.1) is 5.52 Å². The summed E-state index contributed by atoms with van der Waals surface area (Å²) in [5.41, 5.74) is 2.17. The van der Waals surface area contributed by atoms with Crippen molar-refractivity contribution in [1.82, 2.24) is 4.98 Å². The van der Waals surface area contributed by atoms with Gasteiger partial charge in [-0.15, -0.1) is 0 Å². The molecule has 0 aliphatic carbocycles. The maximum atomic E-state index is 4.53. The molecule has 3 nitrogen and oxygen atoms in total. The highest BCUT2D eigenvalue weighted by atomic mass is 15.0. The van der Waals surface area contributed by atoms with Gasteiger partial charge in [-0.3, -0.25) is 0 Å². The van der Waals surface area contributed by atoms with Crippen molar-refractivity contribution in [2.24, 2.45) is 0 Å². The van der Waals surface area contributed by atoms with Crippen LogP contribution in [0.3, 0.4) is 0 Å². The molecule has 2 N–H and O–H groups in total. The molecular formula is C13H17N3. The number of hydrogen-bond acceptors (Lipinski definition) is 3. The summed E-state index contributed by atoms with van der Waals surface area (Å²) in [5, 5.41) is 7.68. The van der Waals surface area contributed by atoms with Crippen molar-refractivity contribution in [3.8, 4) is 0 Å². The Balaban J connectivity index is 2.36. The molecule has 0 radical (unpaired) electrons. The molecular weight excluding hydrogens is 198 g/mol. The minimum atomic E-state index is 0.897. The fraction of sp³-hybridized carbons (Fsp3) is 0.308. The van der Waals surface area contributed by atoms with E-state index in [9.17, 15) is 0 Å². The number of pyridine rings is 1. The van der Waals surface area contributed by atoms with Gasteiger partial charge in [0.15, 0.2) is 0 Å². The first kappa shape index (κ1) is 10.7. The maximum absolute atomic E-state index is 4.53. The smallest absolute Gasteiger partial charge is 0.126 e. The lowest BCUT2D eigenvalue weighted by Gasteiger charge is -2.06. The third kappa shape index (κ3) is 2.24. The van der Waals surface area contributed by atoms with Crippen LogP contribution in [0.15, 0.2) is 30.3 Å². The van der Waals surface area contributed by atoms with Crippen LogP contribution in [0.2, 0.25) is 0 Å². The summed E-state index contributed by atoms with van der Waals surface area (Å²) in [6, 6.07) is 10.4. The van der Waals surface area contributed by atoms with Crippen LogP contribution in [0.5, 0.6) is 0 Å². The Bertz CT molecular complexity index is 434. The van der Waals surface area contributed by atoms with Crippen molar-refractivity contribution in [3.63, 3.8) is 0 Å². The van der Waals surface area contributed by atoms with Crippen molar-refractivity contribution < 1.29 is 0 Å². The molecule has 0 fully saturated rings.